The predicted octanol–water partition coefficient (Wildman–Crippen LogP) is 5.16. The highest BCUT2D eigenvalue weighted by Crippen LogP contribution is 2.31. The molecule has 2 aromatic carbocycles. The van der Waals surface area contributed by atoms with Gasteiger partial charge in [0.2, 0.25) is 0 Å². The number of nitrogens with zero attached hydrogens (tertiary/aromatic N) is 2. The minimum Gasteiger partial charge on any atom is -0.328 e. The van der Waals surface area contributed by atoms with Crippen molar-refractivity contribution in [3.05, 3.63) is 74.9 Å². The van der Waals surface area contributed by atoms with Crippen LogP contribution in [0.1, 0.15) is 11.3 Å². The van der Waals surface area contributed by atoms with E-state index in [1.54, 1.807) is 30.6 Å². The molecule has 3 rings (SSSR count). The summed E-state index contributed by atoms with van der Waals surface area (Å²) in [6, 6.07) is 9.52. The molecule has 0 unspecified atom stereocenters. The maximum Gasteiger partial charge on any atom is 0.124 e. The molecule has 1 heterocycles. The molecule has 0 spiro atoms. The second-order valence-electron chi connectivity index (χ2n) is 5.20. The fourth-order valence-corrected chi connectivity index (χ4v) is 3.29. The first-order valence-corrected chi connectivity index (χ1v) is 8.27. The summed E-state index contributed by atoms with van der Waals surface area (Å²) in [7, 11) is 0. The molecule has 0 saturated heterocycles. The van der Waals surface area contributed by atoms with Crippen LogP contribution in [0.25, 0.3) is 11.3 Å². The highest BCUT2D eigenvalue weighted by atomic mass is 35.5. The normalized spacial score (nSPS) is 11.0. The van der Waals surface area contributed by atoms with E-state index in [-0.39, 0.29) is 11.6 Å². The topological polar surface area (TPSA) is 43.8 Å². The smallest absolute Gasteiger partial charge is 0.124 e. The van der Waals surface area contributed by atoms with Crippen LogP contribution in [0.15, 0.2) is 42.7 Å². The molecule has 0 bridgehead atoms. The van der Waals surface area contributed by atoms with Crippen molar-refractivity contribution in [1.29, 1.82) is 0 Å². The second-order valence-corrected chi connectivity index (χ2v) is 6.42. The van der Waals surface area contributed by atoms with Crippen molar-refractivity contribution < 1.29 is 4.39 Å². The van der Waals surface area contributed by atoms with Crippen LogP contribution in [-0.4, -0.2) is 9.55 Å². The Morgan fingerprint density at radius 2 is 1.75 bits per heavy atom. The lowest BCUT2D eigenvalue weighted by Crippen LogP contribution is -2.09. The summed E-state index contributed by atoms with van der Waals surface area (Å²) < 4.78 is 15.1. The molecular weight excluding hydrogens is 372 g/mol. The molecule has 0 radical (unpaired) electrons. The van der Waals surface area contributed by atoms with Crippen LogP contribution in [-0.2, 0) is 13.1 Å². The van der Waals surface area contributed by atoms with E-state index >= 15 is 0 Å². The van der Waals surface area contributed by atoms with Crippen molar-refractivity contribution in [3.8, 4) is 11.3 Å². The average molecular weight is 385 g/mol. The molecule has 0 aliphatic carbocycles. The van der Waals surface area contributed by atoms with Gasteiger partial charge in [0.15, 0.2) is 0 Å². The molecule has 1 aromatic heterocycles. The van der Waals surface area contributed by atoms with E-state index in [9.17, 15) is 4.39 Å². The number of nitrogens with two attached hydrogens (primary N) is 1. The number of rotatable bonds is 4. The second kappa shape index (κ2) is 7.11. The molecule has 0 saturated carbocycles. The number of hydrogen-bond donors (Lipinski definition) is 1. The van der Waals surface area contributed by atoms with E-state index in [1.165, 1.54) is 12.1 Å². The minimum atomic E-state index is -0.402. The average Bonchev–Trinajstić information content (AvgIpc) is 2.93. The van der Waals surface area contributed by atoms with Crippen LogP contribution in [0.3, 0.4) is 0 Å². The van der Waals surface area contributed by atoms with Gasteiger partial charge in [0.25, 0.3) is 0 Å². The monoisotopic (exact) mass is 383 g/mol. The zero-order valence-corrected chi connectivity index (χ0v) is 14.7. The minimum absolute atomic E-state index is 0.241. The summed E-state index contributed by atoms with van der Waals surface area (Å²) in [5.41, 5.74) is 8.69. The van der Waals surface area contributed by atoms with Gasteiger partial charge in [-0.05, 0) is 30.3 Å². The van der Waals surface area contributed by atoms with E-state index in [2.05, 4.69) is 4.98 Å². The molecular formula is C17H13Cl3FN3. The SMILES string of the molecule is NCc1c(-c2ccc(F)cc2Cl)ncn1Cc1c(Cl)cccc1Cl. The third-order valence-corrected chi connectivity index (χ3v) is 4.74. The van der Waals surface area contributed by atoms with Crippen LogP contribution in [0.2, 0.25) is 15.1 Å². The summed E-state index contributed by atoms with van der Waals surface area (Å²) in [6.07, 6.45) is 1.65. The van der Waals surface area contributed by atoms with Crippen molar-refractivity contribution in [2.24, 2.45) is 5.73 Å². The highest BCUT2D eigenvalue weighted by Gasteiger charge is 2.16. The Hall–Kier alpha value is -1.59. The Morgan fingerprint density at radius 3 is 2.38 bits per heavy atom. The van der Waals surface area contributed by atoms with Crippen LogP contribution in [0, 0.1) is 5.82 Å². The lowest BCUT2D eigenvalue weighted by atomic mass is 10.1. The molecule has 7 heteroatoms. The zero-order valence-electron chi connectivity index (χ0n) is 12.4. The Labute approximate surface area is 153 Å². The van der Waals surface area contributed by atoms with Crippen molar-refractivity contribution >= 4 is 34.8 Å². The number of halogens is 4. The molecule has 0 fully saturated rings. The van der Waals surface area contributed by atoms with Gasteiger partial charge in [-0.15, -0.1) is 0 Å². The van der Waals surface area contributed by atoms with Gasteiger partial charge in [0.1, 0.15) is 5.82 Å². The van der Waals surface area contributed by atoms with Gasteiger partial charge in [0, 0.05) is 27.7 Å². The molecule has 0 amide bonds. The number of hydrogen-bond acceptors (Lipinski definition) is 2. The Morgan fingerprint density at radius 1 is 1.04 bits per heavy atom. The maximum absolute atomic E-state index is 13.3. The predicted molar refractivity (Wildman–Crippen MR) is 96.1 cm³/mol. The van der Waals surface area contributed by atoms with Crippen LogP contribution in [0.4, 0.5) is 4.39 Å². The number of aromatic nitrogens is 2. The standard InChI is InChI=1S/C17H13Cl3FN3/c18-13-2-1-3-14(19)12(13)8-24-9-23-17(16(24)7-22)11-5-4-10(21)6-15(11)20/h1-6,9H,7-8,22H2. The summed E-state index contributed by atoms with van der Waals surface area (Å²) in [5.74, 6) is -0.402. The summed E-state index contributed by atoms with van der Waals surface area (Å²) in [4.78, 5) is 4.39. The quantitative estimate of drug-likeness (QED) is 0.675. The van der Waals surface area contributed by atoms with Gasteiger partial charge in [-0.25, -0.2) is 9.37 Å². The molecule has 0 atom stereocenters. The van der Waals surface area contributed by atoms with E-state index in [0.29, 0.717) is 27.8 Å². The van der Waals surface area contributed by atoms with Gasteiger partial charge < -0.3 is 10.3 Å². The maximum atomic E-state index is 13.3. The van der Waals surface area contributed by atoms with Crippen LogP contribution in [0.5, 0.6) is 0 Å². The molecule has 24 heavy (non-hydrogen) atoms. The molecule has 0 aliphatic rings. The Balaban J connectivity index is 2.04. The van der Waals surface area contributed by atoms with Crippen molar-refractivity contribution in [2.75, 3.05) is 0 Å². The first-order chi connectivity index (χ1) is 11.5. The van der Waals surface area contributed by atoms with Crippen molar-refractivity contribution in [1.82, 2.24) is 9.55 Å². The molecule has 124 valence electrons. The van der Waals surface area contributed by atoms with Crippen molar-refractivity contribution in [2.45, 2.75) is 13.1 Å². The van der Waals surface area contributed by atoms with Crippen LogP contribution >= 0.6 is 34.8 Å². The lowest BCUT2D eigenvalue weighted by molar-refractivity contribution is 0.628. The molecule has 3 aromatic rings. The third kappa shape index (κ3) is 3.28. The Kier molecular flexibility index (Phi) is 5.11. The Bertz CT molecular complexity index is 873. The van der Waals surface area contributed by atoms with E-state index in [0.717, 1.165) is 11.3 Å². The van der Waals surface area contributed by atoms with Crippen molar-refractivity contribution in [3.63, 3.8) is 0 Å². The van der Waals surface area contributed by atoms with E-state index < -0.39 is 5.82 Å². The first kappa shape index (κ1) is 17.2. The van der Waals surface area contributed by atoms with Gasteiger partial charge in [-0.3, -0.25) is 0 Å². The van der Waals surface area contributed by atoms with Gasteiger partial charge >= 0.3 is 0 Å². The van der Waals surface area contributed by atoms with Gasteiger partial charge in [0.05, 0.1) is 29.3 Å². The number of benzene rings is 2. The largest absolute Gasteiger partial charge is 0.328 e. The first-order valence-electron chi connectivity index (χ1n) is 7.13. The number of imidazole rings is 1. The third-order valence-electron chi connectivity index (χ3n) is 3.72. The van der Waals surface area contributed by atoms with Crippen LogP contribution < -0.4 is 5.73 Å². The fourth-order valence-electron chi connectivity index (χ4n) is 2.52. The summed E-state index contributed by atoms with van der Waals surface area (Å²) in [6.45, 7) is 0.669. The van der Waals surface area contributed by atoms with E-state index in [4.69, 9.17) is 40.5 Å². The summed E-state index contributed by atoms with van der Waals surface area (Å²) in [5, 5.41) is 1.42. The molecule has 0 aliphatic heterocycles. The fraction of sp³-hybridized carbons (Fsp3) is 0.118. The summed E-state index contributed by atoms with van der Waals surface area (Å²) >= 11 is 18.6. The van der Waals surface area contributed by atoms with Gasteiger partial charge in [-0.1, -0.05) is 40.9 Å². The lowest BCUT2D eigenvalue weighted by Gasteiger charge is -2.12. The zero-order chi connectivity index (χ0) is 17.3. The highest BCUT2D eigenvalue weighted by molar-refractivity contribution is 6.36. The molecule has 2 N–H and O–H groups in total. The molecule has 3 nitrogen and oxygen atoms in total. The van der Waals surface area contributed by atoms with Gasteiger partial charge in [-0.2, -0.15) is 0 Å². The van der Waals surface area contributed by atoms with E-state index in [1.807, 2.05) is 4.57 Å².